The molecule has 0 unspecified atom stereocenters. The van der Waals surface area contributed by atoms with Crippen molar-refractivity contribution in [1.29, 1.82) is 0 Å². The minimum atomic E-state index is -3.52. The number of primary sulfonamides is 1. The molecule has 4 N–H and O–H groups in total. The maximum atomic E-state index is 13.4. The van der Waals surface area contributed by atoms with E-state index in [1.165, 1.54) is 27.9 Å². The summed E-state index contributed by atoms with van der Waals surface area (Å²) in [6, 6.07) is 2.39. The van der Waals surface area contributed by atoms with Gasteiger partial charge < -0.3 is 10.4 Å². The number of nitrogens with zero attached hydrogens (tertiary/aromatic N) is 2. The fourth-order valence-corrected chi connectivity index (χ4v) is 5.92. The van der Waals surface area contributed by atoms with Gasteiger partial charge >= 0.3 is 6.03 Å². The summed E-state index contributed by atoms with van der Waals surface area (Å²) in [5.74, 6) is 0. The highest BCUT2D eigenvalue weighted by molar-refractivity contribution is 7.89. The Balaban J connectivity index is 0.00000225. The van der Waals surface area contributed by atoms with Crippen LogP contribution in [0.3, 0.4) is 0 Å². The summed E-state index contributed by atoms with van der Waals surface area (Å²) in [6.07, 6.45) is 7.50. The number of hydrogen-bond acceptors (Lipinski definition) is 3. The van der Waals surface area contributed by atoms with Crippen molar-refractivity contribution >= 4 is 21.7 Å². The van der Waals surface area contributed by atoms with Crippen molar-refractivity contribution in [3.05, 3.63) is 28.3 Å². The molecule has 1 heterocycles. The number of likely N-dealkylation sites (tertiary alicyclic amines) is 1. The van der Waals surface area contributed by atoms with Gasteiger partial charge in [-0.2, -0.15) is 0 Å². The zero-order valence-corrected chi connectivity index (χ0v) is 17.4. The monoisotopic (exact) mass is 409 g/mol. The minimum Gasteiger partial charge on any atom is -0.412 e. The molecule has 2 aliphatic carbocycles. The number of fused-ring (bicyclic) bond motifs is 2. The molecule has 1 aromatic rings. The Kier molecular flexibility index (Phi) is 6.03. The molecule has 1 aromatic carbocycles. The molecule has 3 aliphatic rings. The van der Waals surface area contributed by atoms with Gasteiger partial charge in [0, 0.05) is 19.6 Å². The number of nitrogens with two attached hydrogens (primary N) is 1. The van der Waals surface area contributed by atoms with Crippen molar-refractivity contribution < 1.29 is 18.7 Å². The van der Waals surface area contributed by atoms with Crippen molar-refractivity contribution in [3.63, 3.8) is 0 Å². The van der Waals surface area contributed by atoms with Gasteiger partial charge in [0.2, 0.25) is 10.0 Å². The molecule has 7 nitrogen and oxygen atoms in total. The van der Waals surface area contributed by atoms with Crippen LogP contribution in [0.5, 0.6) is 0 Å². The van der Waals surface area contributed by atoms with Crippen LogP contribution in [0.4, 0.5) is 10.5 Å². The number of carbonyl (C=O) groups excluding carboxylic acids is 1. The molecular weight excluding hydrogens is 378 g/mol. The van der Waals surface area contributed by atoms with Gasteiger partial charge in [0.15, 0.2) is 0 Å². The predicted molar refractivity (Wildman–Crippen MR) is 110 cm³/mol. The van der Waals surface area contributed by atoms with Gasteiger partial charge in [0.25, 0.3) is 0 Å². The number of hydrogen-bond donors (Lipinski definition) is 1. The number of sulfonamides is 1. The molecule has 0 bridgehead atoms. The van der Waals surface area contributed by atoms with Crippen LogP contribution in [0, 0.1) is 0 Å². The third-order valence-electron chi connectivity index (χ3n) is 6.44. The number of piperidine rings is 1. The highest BCUT2D eigenvalue weighted by Gasteiger charge is 2.34. The van der Waals surface area contributed by atoms with Crippen LogP contribution in [-0.4, -0.2) is 49.7 Å². The lowest BCUT2D eigenvalue weighted by Gasteiger charge is -2.36. The lowest BCUT2D eigenvalue weighted by atomic mass is 9.97. The number of benzene rings is 1. The molecule has 0 saturated carbocycles. The first-order chi connectivity index (χ1) is 12.9. The predicted octanol–water partition coefficient (Wildman–Crippen LogP) is 1.54. The molecule has 0 spiro atoms. The number of anilines is 1. The van der Waals surface area contributed by atoms with Gasteiger partial charge in [-0.15, -0.1) is 0 Å². The van der Waals surface area contributed by atoms with E-state index in [0.29, 0.717) is 32.5 Å². The Hall–Kier alpha value is -1.64. The fraction of sp³-hybridized carbons (Fsp3) is 0.650. The van der Waals surface area contributed by atoms with E-state index in [2.05, 4.69) is 6.07 Å². The highest BCUT2D eigenvalue weighted by atomic mass is 32.2. The van der Waals surface area contributed by atoms with E-state index in [1.807, 2.05) is 11.8 Å². The second-order valence-corrected chi connectivity index (χ2v) is 9.85. The van der Waals surface area contributed by atoms with Crippen LogP contribution in [0.15, 0.2) is 6.07 Å². The maximum absolute atomic E-state index is 13.4. The van der Waals surface area contributed by atoms with Crippen LogP contribution in [0.1, 0.15) is 54.9 Å². The second kappa shape index (κ2) is 8.00. The first-order valence-corrected chi connectivity index (χ1v) is 11.8. The highest BCUT2D eigenvalue weighted by Crippen LogP contribution is 2.41. The number of rotatable bonds is 3. The Morgan fingerprint density at radius 1 is 1.11 bits per heavy atom. The molecule has 1 aliphatic heterocycles. The molecule has 1 saturated heterocycles. The molecule has 0 atom stereocenters. The fourth-order valence-electron chi connectivity index (χ4n) is 5.05. The van der Waals surface area contributed by atoms with Crippen LogP contribution in [0.25, 0.3) is 0 Å². The van der Waals surface area contributed by atoms with Crippen molar-refractivity contribution in [2.24, 2.45) is 5.14 Å². The molecule has 28 heavy (non-hydrogen) atoms. The Morgan fingerprint density at radius 2 is 1.64 bits per heavy atom. The van der Waals surface area contributed by atoms with Crippen molar-refractivity contribution in [1.82, 2.24) is 4.90 Å². The average Bonchev–Trinajstić information content (AvgIpc) is 3.29. The molecule has 156 valence electrons. The summed E-state index contributed by atoms with van der Waals surface area (Å²) in [5, 5.41) is 4.76. The van der Waals surface area contributed by atoms with Gasteiger partial charge in [-0.3, -0.25) is 4.90 Å². The zero-order valence-electron chi connectivity index (χ0n) is 16.5. The molecule has 2 amide bonds. The molecule has 0 radical (unpaired) electrons. The van der Waals surface area contributed by atoms with E-state index in [1.54, 1.807) is 4.90 Å². The normalized spacial score (nSPS) is 19.1. The Labute approximate surface area is 167 Å². The number of amides is 2. The average molecular weight is 410 g/mol. The van der Waals surface area contributed by atoms with E-state index in [4.69, 9.17) is 5.14 Å². The van der Waals surface area contributed by atoms with Crippen LogP contribution in [0.2, 0.25) is 0 Å². The smallest absolute Gasteiger partial charge is 0.324 e. The van der Waals surface area contributed by atoms with Crippen molar-refractivity contribution in [2.45, 2.75) is 63.5 Å². The third kappa shape index (κ3) is 3.65. The van der Waals surface area contributed by atoms with Gasteiger partial charge in [0.1, 0.15) is 0 Å². The molecular formula is C20H31N3O4S. The van der Waals surface area contributed by atoms with Crippen molar-refractivity contribution in [2.75, 3.05) is 24.5 Å². The lowest BCUT2D eigenvalue weighted by molar-refractivity contribution is 0.193. The molecule has 4 rings (SSSR count). The lowest BCUT2D eigenvalue weighted by Crippen LogP contribution is -2.50. The molecule has 1 fully saturated rings. The largest absolute Gasteiger partial charge is 0.412 e. The topological polar surface area (TPSA) is 115 Å². The minimum absolute atomic E-state index is 0. The van der Waals surface area contributed by atoms with Gasteiger partial charge in [-0.05, 0) is 80.5 Å². The SMILES string of the molecule is CCN(C(=O)N1CCC(S(N)(=O)=O)CC1)c1c2c(cc3c1CCC3)CCC2.O. The zero-order chi connectivity index (χ0) is 19.2. The number of urea groups is 1. The van der Waals surface area contributed by atoms with E-state index in [0.717, 1.165) is 38.5 Å². The summed E-state index contributed by atoms with van der Waals surface area (Å²) in [6.45, 7) is 3.57. The summed E-state index contributed by atoms with van der Waals surface area (Å²) in [7, 11) is -3.52. The quantitative estimate of drug-likeness (QED) is 0.816. The van der Waals surface area contributed by atoms with Gasteiger partial charge in [0.05, 0.1) is 10.9 Å². The van der Waals surface area contributed by atoms with Gasteiger partial charge in [-0.1, -0.05) is 6.07 Å². The van der Waals surface area contributed by atoms with E-state index >= 15 is 0 Å². The van der Waals surface area contributed by atoms with Crippen LogP contribution >= 0.6 is 0 Å². The maximum Gasteiger partial charge on any atom is 0.324 e. The number of carbonyl (C=O) groups is 1. The van der Waals surface area contributed by atoms with Crippen LogP contribution in [-0.2, 0) is 35.7 Å². The molecule has 0 aromatic heterocycles. The van der Waals surface area contributed by atoms with Crippen LogP contribution < -0.4 is 10.0 Å². The molecule has 8 heteroatoms. The van der Waals surface area contributed by atoms with E-state index < -0.39 is 15.3 Å². The van der Waals surface area contributed by atoms with E-state index in [9.17, 15) is 13.2 Å². The summed E-state index contributed by atoms with van der Waals surface area (Å²) >= 11 is 0. The Morgan fingerprint density at radius 3 is 2.11 bits per heavy atom. The standard InChI is InChI=1S/C20H29N3O3S.H2O/c1-2-23(20(24)22-11-9-16(10-12-22)27(21,25)26)19-17-7-3-5-14(17)13-15-6-4-8-18(15)19;/h13,16H,2-12H2,1H3,(H2,21,25,26);1H2. The summed E-state index contributed by atoms with van der Waals surface area (Å²) in [4.78, 5) is 17.1. The first-order valence-electron chi connectivity index (χ1n) is 10.1. The van der Waals surface area contributed by atoms with E-state index in [-0.39, 0.29) is 11.5 Å². The summed E-state index contributed by atoms with van der Waals surface area (Å²) < 4.78 is 23.2. The second-order valence-electron chi connectivity index (χ2n) is 8.01. The Bertz CT molecular complexity index is 828. The van der Waals surface area contributed by atoms with Crippen molar-refractivity contribution in [3.8, 4) is 0 Å². The number of aryl methyl sites for hydroxylation is 2. The third-order valence-corrected chi connectivity index (χ3v) is 7.84. The summed E-state index contributed by atoms with van der Waals surface area (Å²) in [5.41, 5.74) is 6.74. The van der Waals surface area contributed by atoms with Gasteiger partial charge in [-0.25, -0.2) is 18.4 Å². The first kappa shape index (κ1) is 21.1.